The van der Waals surface area contributed by atoms with Gasteiger partial charge >= 0.3 is 5.97 Å². The molecule has 2 aromatic rings. The number of rotatable bonds is 4. The van der Waals surface area contributed by atoms with E-state index in [1.54, 1.807) is 17.5 Å². The first-order chi connectivity index (χ1) is 8.56. The summed E-state index contributed by atoms with van der Waals surface area (Å²) in [4.78, 5) is 11.7. The Bertz CT molecular complexity index is 585. The van der Waals surface area contributed by atoms with Gasteiger partial charge in [0.15, 0.2) is 0 Å². The maximum Gasteiger partial charge on any atom is 0.336 e. The quantitative estimate of drug-likeness (QED) is 0.858. The van der Waals surface area contributed by atoms with Crippen LogP contribution in [0.4, 0.5) is 5.69 Å². The molecule has 3 nitrogen and oxygen atoms in total. The van der Waals surface area contributed by atoms with Crippen molar-refractivity contribution in [3.63, 3.8) is 0 Å². The third kappa shape index (κ3) is 3.25. The highest BCUT2D eigenvalue weighted by Crippen LogP contribution is 2.27. The lowest BCUT2D eigenvalue weighted by atomic mass is 10.3. The van der Waals surface area contributed by atoms with Crippen molar-refractivity contribution in [2.45, 2.75) is 6.54 Å². The van der Waals surface area contributed by atoms with Gasteiger partial charge in [-0.1, -0.05) is 11.6 Å². The molecule has 0 amide bonds. The second kappa shape index (κ2) is 5.73. The molecule has 0 unspecified atom stereocenters. The van der Waals surface area contributed by atoms with Gasteiger partial charge in [-0.3, -0.25) is 0 Å². The molecule has 0 bridgehead atoms. The van der Waals surface area contributed by atoms with E-state index in [0.717, 1.165) is 15.0 Å². The van der Waals surface area contributed by atoms with Crippen molar-refractivity contribution in [2.75, 3.05) is 5.32 Å². The standard InChI is InChI=1S/C12H9BrClNO2S/c13-10-2-1-8(14)4-11(10)15-5-9-3-7(6-18-9)12(16)17/h1-4,6,15H,5H2,(H,16,17). The van der Waals surface area contributed by atoms with Crippen LogP contribution in [0.25, 0.3) is 0 Å². The summed E-state index contributed by atoms with van der Waals surface area (Å²) in [6.45, 7) is 0.566. The van der Waals surface area contributed by atoms with Crippen LogP contribution in [0.3, 0.4) is 0 Å². The van der Waals surface area contributed by atoms with Crippen LogP contribution in [0.2, 0.25) is 5.02 Å². The Balaban J connectivity index is 2.06. The fourth-order valence-electron chi connectivity index (χ4n) is 1.40. The molecule has 0 aliphatic heterocycles. The van der Waals surface area contributed by atoms with Crippen LogP contribution < -0.4 is 5.32 Å². The summed E-state index contributed by atoms with van der Waals surface area (Å²) in [7, 11) is 0. The summed E-state index contributed by atoms with van der Waals surface area (Å²) in [5, 5.41) is 14.3. The average Bonchev–Trinajstić information content (AvgIpc) is 2.79. The molecule has 0 saturated carbocycles. The molecule has 6 heteroatoms. The van der Waals surface area contributed by atoms with E-state index < -0.39 is 5.97 Å². The molecular weight excluding hydrogens is 338 g/mol. The van der Waals surface area contributed by atoms with Crippen molar-refractivity contribution in [2.24, 2.45) is 0 Å². The smallest absolute Gasteiger partial charge is 0.336 e. The summed E-state index contributed by atoms with van der Waals surface area (Å²) in [5.74, 6) is -0.901. The summed E-state index contributed by atoms with van der Waals surface area (Å²) >= 11 is 10.7. The lowest BCUT2D eigenvalue weighted by Gasteiger charge is -2.07. The van der Waals surface area contributed by atoms with Gasteiger partial charge < -0.3 is 10.4 Å². The van der Waals surface area contributed by atoms with Crippen LogP contribution in [-0.4, -0.2) is 11.1 Å². The molecule has 2 N–H and O–H groups in total. The highest BCUT2D eigenvalue weighted by Gasteiger charge is 2.07. The fraction of sp³-hybridized carbons (Fsp3) is 0.0833. The number of halogens is 2. The van der Waals surface area contributed by atoms with Gasteiger partial charge in [0.1, 0.15) is 0 Å². The normalized spacial score (nSPS) is 10.3. The number of carboxylic acid groups (broad SMARTS) is 1. The van der Waals surface area contributed by atoms with Gasteiger partial charge in [-0.2, -0.15) is 0 Å². The zero-order valence-electron chi connectivity index (χ0n) is 9.11. The van der Waals surface area contributed by atoms with Gasteiger partial charge in [0, 0.05) is 26.3 Å². The Morgan fingerprint density at radius 2 is 2.22 bits per heavy atom. The van der Waals surface area contributed by atoms with E-state index in [-0.39, 0.29) is 0 Å². The summed E-state index contributed by atoms with van der Waals surface area (Å²) in [5.41, 5.74) is 1.20. The predicted molar refractivity (Wildman–Crippen MR) is 77.8 cm³/mol. The Labute approximate surface area is 122 Å². The molecule has 0 atom stereocenters. The van der Waals surface area contributed by atoms with Gasteiger partial charge in [0.05, 0.1) is 11.3 Å². The van der Waals surface area contributed by atoms with Crippen LogP contribution in [0.1, 0.15) is 15.2 Å². The molecule has 94 valence electrons. The molecule has 0 spiro atoms. The minimum atomic E-state index is -0.901. The molecule has 1 aromatic heterocycles. The molecule has 1 aromatic carbocycles. The van der Waals surface area contributed by atoms with E-state index in [4.69, 9.17) is 16.7 Å². The van der Waals surface area contributed by atoms with Crippen molar-refractivity contribution < 1.29 is 9.90 Å². The van der Waals surface area contributed by atoms with Crippen molar-refractivity contribution >= 4 is 50.5 Å². The van der Waals surface area contributed by atoms with Crippen LogP contribution in [-0.2, 0) is 6.54 Å². The molecule has 18 heavy (non-hydrogen) atoms. The zero-order valence-corrected chi connectivity index (χ0v) is 12.3. The Hall–Kier alpha value is -1.04. The SMILES string of the molecule is O=C(O)c1csc(CNc2cc(Cl)ccc2Br)c1. The summed E-state index contributed by atoms with van der Waals surface area (Å²) < 4.78 is 0.918. The number of aromatic carboxylic acids is 1. The number of hydrogen-bond donors (Lipinski definition) is 2. The first-order valence-electron chi connectivity index (χ1n) is 5.06. The maximum atomic E-state index is 10.7. The van der Waals surface area contributed by atoms with E-state index in [1.165, 1.54) is 11.3 Å². The Kier molecular flexibility index (Phi) is 4.27. The third-order valence-electron chi connectivity index (χ3n) is 2.28. The van der Waals surface area contributed by atoms with Crippen molar-refractivity contribution in [3.8, 4) is 0 Å². The minimum absolute atomic E-state index is 0.321. The lowest BCUT2D eigenvalue weighted by Crippen LogP contribution is -1.98. The van der Waals surface area contributed by atoms with Crippen LogP contribution in [0, 0.1) is 0 Å². The Morgan fingerprint density at radius 3 is 2.89 bits per heavy atom. The number of anilines is 1. The maximum absolute atomic E-state index is 10.7. The highest BCUT2D eigenvalue weighted by molar-refractivity contribution is 9.10. The van der Waals surface area contributed by atoms with Gasteiger partial charge in [-0.15, -0.1) is 11.3 Å². The largest absolute Gasteiger partial charge is 0.478 e. The van der Waals surface area contributed by atoms with E-state index in [1.807, 2.05) is 12.1 Å². The first-order valence-corrected chi connectivity index (χ1v) is 7.11. The fourth-order valence-corrected chi connectivity index (χ4v) is 2.76. The van der Waals surface area contributed by atoms with Crippen molar-refractivity contribution in [1.82, 2.24) is 0 Å². The van der Waals surface area contributed by atoms with Gasteiger partial charge in [-0.25, -0.2) is 4.79 Å². The summed E-state index contributed by atoms with van der Waals surface area (Å²) in [6.07, 6.45) is 0. The van der Waals surface area contributed by atoms with Gasteiger partial charge in [0.25, 0.3) is 0 Å². The van der Waals surface area contributed by atoms with E-state index >= 15 is 0 Å². The predicted octanol–water partition coefficient (Wildman–Crippen LogP) is 4.47. The summed E-state index contributed by atoms with van der Waals surface area (Å²) in [6, 6.07) is 7.14. The molecule has 2 rings (SSSR count). The Morgan fingerprint density at radius 1 is 1.44 bits per heavy atom. The second-order valence-electron chi connectivity index (χ2n) is 3.58. The van der Waals surface area contributed by atoms with Crippen molar-refractivity contribution in [3.05, 3.63) is 49.6 Å². The minimum Gasteiger partial charge on any atom is -0.478 e. The molecule has 0 radical (unpaired) electrons. The number of thiophene rings is 1. The molecule has 1 heterocycles. The lowest BCUT2D eigenvalue weighted by molar-refractivity contribution is 0.0697. The topological polar surface area (TPSA) is 49.3 Å². The van der Waals surface area contributed by atoms with E-state index in [0.29, 0.717) is 17.1 Å². The molecule has 0 aliphatic rings. The zero-order chi connectivity index (χ0) is 13.1. The van der Waals surface area contributed by atoms with Crippen LogP contribution in [0.15, 0.2) is 34.1 Å². The van der Waals surface area contributed by atoms with Crippen molar-refractivity contribution in [1.29, 1.82) is 0 Å². The average molecular weight is 347 g/mol. The van der Waals surface area contributed by atoms with E-state index in [9.17, 15) is 4.79 Å². The second-order valence-corrected chi connectivity index (χ2v) is 5.87. The monoisotopic (exact) mass is 345 g/mol. The number of nitrogens with one attached hydrogen (secondary N) is 1. The number of carboxylic acids is 1. The molecule has 0 saturated heterocycles. The van der Waals surface area contributed by atoms with Crippen LogP contribution in [0.5, 0.6) is 0 Å². The molecule has 0 aliphatic carbocycles. The number of hydrogen-bond acceptors (Lipinski definition) is 3. The van der Waals surface area contributed by atoms with Gasteiger partial charge in [0.2, 0.25) is 0 Å². The molecular formula is C12H9BrClNO2S. The van der Waals surface area contributed by atoms with Crippen LogP contribution >= 0.6 is 38.9 Å². The third-order valence-corrected chi connectivity index (χ3v) is 4.15. The molecule has 0 fully saturated rings. The first kappa shape index (κ1) is 13.4. The number of carbonyl (C=O) groups is 1. The van der Waals surface area contributed by atoms with E-state index in [2.05, 4.69) is 21.2 Å². The number of benzene rings is 1. The highest BCUT2D eigenvalue weighted by atomic mass is 79.9. The van der Waals surface area contributed by atoms with Gasteiger partial charge in [-0.05, 0) is 40.2 Å².